The normalized spacial score (nSPS) is 11.5. The van der Waals surface area contributed by atoms with E-state index in [0.29, 0.717) is 13.0 Å². The SMILES string of the molecule is CCCCCCC(=O)OCCC(C)(C)C. The second-order valence-corrected chi connectivity index (χ2v) is 5.34. The van der Waals surface area contributed by atoms with Crippen molar-refractivity contribution in [1.29, 1.82) is 0 Å². The average molecular weight is 214 g/mol. The van der Waals surface area contributed by atoms with Crippen LogP contribution >= 0.6 is 0 Å². The van der Waals surface area contributed by atoms with Gasteiger partial charge in [0.05, 0.1) is 6.61 Å². The predicted octanol–water partition coefficient (Wildman–Crippen LogP) is 3.94. The minimum Gasteiger partial charge on any atom is -0.466 e. The van der Waals surface area contributed by atoms with Gasteiger partial charge in [-0.05, 0) is 18.3 Å². The van der Waals surface area contributed by atoms with E-state index in [1.54, 1.807) is 0 Å². The molecule has 0 aliphatic carbocycles. The molecule has 0 bridgehead atoms. The molecule has 0 aromatic carbocycles. The fraction of sp³-hybridized carbons (Fsp3) is 0.923. The molecule has 0 radical (unpaired) electrons. The van der Waals surface area contributed by atoms with Crippen molar-refractivity contribution in [2.24, 2.45) is 5.41 Å². The largest absolute Gasteiger partial charge is 0.466 e. The molecule has 0 saturated heterocycles. The van der Waals surface area contributed by atoms with Crippen LogP contribution in [0.1, 0.15) is 66.2 Å². The van der Waals surface area contributed by atoms with Crippen molar-refractivity contribution in [3.05, 3.63) is 0 Å². The number of hydrogen-bond donors (Lipinski definition) is 0. The van der Waals surface area contributed by atoms with Gasteiger partial charge in [-0.1, -0.05) is 47.0 Å². The monoisotopic (exact) mass is 214 g/mol. The van der Waals surface area contributed by atoms with Gasteiger partial charge in [0.25, 0.3) is 0 Å². The summed E-state index contributed by atoms with van der Waals surface area (Å²) >= 11 is 0. The minimum atomic E-state index is -0.0321. The van der Waals surface area contributed by atoms with E-state index in [4.69, 9.17) is 4.74 Å². The van der Waals surface area contributed by atoms with Crippen LogP contribution in [0.5, 0.6) is 0 Å². The van der Waals surface area contributed by atoms with Gasteiger partial charge in [0, 0.05) is 6.42 Å². The first-order valence-electron chi connectivity index (χ1n) is 6.11. The van der Waals surface area contributed by atoms with E-state index in [9.17, 15) is 4.79 Å². The molecule has 2 heteroatoms. The topological polar surface area (TPSA) is 26.3 Å². The van der Waals surface area contributed by atoms with E-state index in [0.717, 1.165) is 19.3 Å². The lowest BCUT2D eigenvalue weighted by Crippen LogP contribution is -2.12. The number of esters is 1. The molecule has 0 N–H and O–H groups in total. The van der Waals surface area contributed by atoms with Gasteiger partial charge in [0.2, 0.25) is 0 Å². The summed E-state index contributed by atoms with van der Waals surface area (Å²) in [6.07, 6.45) is 6.07. The summed E-state index contributed by atoms with van der Waals surface area (Å²) in [5, 5.41) is 0. The van der Waals surface area contributed by atoms with Gasteiger partial charge in [-0.2, -0.15) is 0 Å². The van der Waals surface area contributed by atoms with Crippen molar-refractivity contribution >= 4 is 5.97 Å². The van der Waals surface area contributed by atoms with E-state index in [1.165, 1.54) is 12.8 Å². The molecule has 2 nitrogen and oxygen atoms in total. The summed E-state index contributed by atoms with van der Waals surface area (Å²) in [5.41, 5.74) is 0.252. The third kappa shape index (κ3) is 11.4. The van der Waals surface area contributed by atoms with Crippen molar-refractivity contribution in [3.8, 4) is 0 Å². The van der Waals surface area contributed by atoms with Gasteiger partial charge in [-0.25, -0.2) is 0 Å². The van der Waals surface area contributed by atoms with Crippen LogP contribution in [0.3, 0.4) is 0 Å². The molecule has 15 heavy (non-hydrogen) atoms. The van der Waals surface area contributed by atoms with Crippen LogP contribution in [0.15, 0.2) is 0 Å². The maximum Gasteiger partial charge on any atom is 0.305 e. The zero-order valence-electron chi connectivity index (χ0n) is 10.8. The molecule has 0 fully saturated rings. The summed E-state index contributed by atoms with van der Waals surface area (Å²) in [5.74, 6) is -0.0321. The second kappa shape index (κ2) is 7.72. The highest BCUT2D eigenvalue weighted by Crippen LogP contribution is 2.18. The lowest BCUT2D eigenvalue weighted by molar-refractivity contribution is -0.144. The highest BCUT2D eigenvalue weighted by molar-refractivity contribution is 5.69. The van der Waals surface area contributed by atoms with Crippen molar-refractivity contribution in [2.75, 3.05) is 6.61 Å². The number of carbonyl (C=O) groups excluding carboxylic acids is 1. The Morgan fingerprint density at radius 1 is 1.13 bits per heavy atom. The molecular weight excluding hydrogens is 188 g/mol. The summed E-state index contributed by atoms with van der Waals surface area (Å²) < 4.78 is 5.16. The molecule has 0 atom stereocenters. The number of carbonyl (C=O) groups is 1. The van der Waals surface area contributed by atoms with E-state index in [2.05, 4.69) is 27.7 Å². The lowest BCUT2D eigenvalue weighted by Gasteiger charge is -2.17. The third-order valence-corrected chi connectivity index (χ3v) is 2.35. The second-order valence-electron chi connectivity index (χ2n) is 5.34. The maximum absolute atomic E-state index is 11.3. The molecule has 0 aromatic rings. The number of hydrogen-bond acceptors (Lipinski definition) is 2. The van der Waals surface area contributed by atoms with Crippen LogP contribution in [0, 0.1) is 5.41 Å². The van der Waals surface area contributed by atoms with Gasteiger partial charge in [-0.15, -0.1) is 0 Å². The molecular formula is C13H26O2. The highest BCUT2D eigenvalue weighted by atomic mass is 16.5. The Hall–Kier alpha value is -0.530. The van der Waals surface area contributed by atoms with Gasteiger partial charge >= 0.3 is 5.97 Å². The van der Waals surface area contributed by atoms with Crippen molar-refractivity contribution in [2.45, 2.75) is 66.2 Å². The van der Waals surface area contributed by atoms with Gasteiger partial charge < -0.3 is 4.74 Å². The van der Waals surface area contributed by atoms with E-state index >= 15 is 0 Å². The predicted molar refractivity (Wildman–Crippen MR) is 63.8 cm³/mol. The molecule has 0 aromatic heterocycles. The van der Waals surface area contributed by atoms with Crippen LogP contribution in [-0.4, -0.2) is 12.6 Å². The van der Waals surface area contributed by atoms with Gasteiger partial charge in [-0.3, -0.25) is 4.79 Å². The molecule has 0 aliphatic heterocycles. The first-order valence-corrected chi connectivity index (χ1v) is 6.11. The van der Waals surface area contributed by atoms with Crippen molar-refractivity contribution < 1.29 is 9.53 Å². The summed E-state index contributed by atoms with van der Waals surface area (Å²) in [6.45, 7) is 9.20. The van der Waals surface area contributed by atoms with Crippen LogP contribution in [-0.2, 0) is 9.53 Å². The lowest BCUT2D eigenvalue weighted by atomic mass is 9.93. The van der Waals surface area contributed by atoms with Crippen LogP contribution in [0.4, 0.5) is 0 Å². The van der Waals surface area contributed by atoms with E-state index in [-0.39, 0.29) is 11.4 Å². The zero-order chi connectivity index (χ0) is 11.7. The number of ether oxygens (including phenoxy) is 1. The Balaban J connectivity index is 3.34. The van der Waals surface area contributed by atoms with Crippen molar-refractivity contribution in [1.82, 2.24) is 0 Å². The fourth-order valence-electron chi connectivity index (χ4n) is 1.24. The van der Waals surface area contributed by atoms with Crippen LogP contribution < -0.4 is 0 Å². The molecule has 0 unspecified atom stereocenters. The standard InChI is InChI=1S/C13H26O2/c1-5-6-7-8-9-12(14)15-11-10-13(2,3)4/h5-11H2,1-4H3. The Labute approximate surface area is 94.4 Å². The molecule has 0 aliphatic rings. The highest BCUT2D eigenvalue weighted by Gasteiger charge is 2.11. The molecule has 90 valence electrons. The van der Waals surface area contributed by atoms with Gasteiger partial charge in [0.1, 0.15) is 0 Å². The van der Waals surface area contributed by atoms with Crippen molar-refractivity contribution in [3.63, 3.8) is 0 Å². The Kier molecular flexibility index (Phi) is 7.45. The first kappa shape index (κ1) is 14.5. The summed E-state index contributed by atoms with van der Waals surface area (Å²) in [6, 6.07) is 0. The first-order chi connectivity index (χ1) is 6.95. The fourth-order valence-corrected chi connectivity index (χ4v) is 1.24. The van der Waals surface area contributed by atoms with E-state index in [1.807, 2.05) is 0 Å². The Morgan fingerprint density at radius 2 is 1.80 bits per heavy atom. The maximum atomic E-state index is 11.3. The molecule has 0 amide bonds. The Morgan fingerprint density at radius 3 is 2.33 bits per heavy atom. The van der Waals surface area contributed by atoms with Gasteiger partial charge in [0.15, 0.2) is 0 Å². The number of unbranched alkanes of at least 4 members (excludes halogenated alkanes) is 3. The smallest absolute Gasteiger partial charge is 0.305 e. The molecule has 0 spiro atoms. The summed E-state index contributed by atoms with van der Waals surface area (Å²) in [7, 11) is 0. The average Bonchev–Trinajstić information content (AvgIpc) is 2.10. The summed E-state index contributed by atoms with van der Waals surface area (Å²) in [4.78, 5) is 11.3. The van der Waals surface area contributed by atoms with Crippen LogP contribution in [0.2, 0.25) is 0 Å². The zero-order valence-corrected chi connectivity index (χ0v) is 10.8. The molecule has 0 rings (SSSR count). The Bertz CT molecular complexity index is 168. The molecule has 0 heterocycles. The van der Waals surface area contributed by atoms with E-state index < -0.39 is 0 Å². The van der Waals surface area contributed by atoms with Crippen LogP contribution in [0.25, 0.3) is 0 Å². The third-order valence-electron chi connectivity index (χ3n) is 2.35. The number of rotatable bonds is 7. The molecule has 0 saturated carbocycles. The minimum absolute atomic E-state index is 0.0321. The quantitative estimate of drug-likeness (QED) is 0.474.